The molecule has 3 nitrogen and oxygen atoms in total. The Kier molecular flexibility index (Phi) is 3.01. The molecule has 0 bridgehead atoms. The molecule has 0 fully saturated rings. The molecule has 0 radical (unpaired) electrons. The Morgan fingerprint density at radius 1 is 1.38 bits per heavy atom. The Balaban J connectivity index is 2.25. The molecule has 2 rings (SSSR count). The molecule has 0 saturated carbocycles. The lowest BCUT2D eigenvalue weighted by Gasteiger charge is -2.01. The van der Waals surface area contributed by atoms with Crippen LogP contribution in [0.2, 0.25) is 0 Å². The van der Waals surface area contributed by atoms with Crippen molar-refractivity contribution in [3.05, 3.63) is 47.9 Å². The average Bonchev–Trinajstić information content (AvgIpc) is 2.65. The summed E-state index contributed by atoms with van der Waals surface area (Å²) in [4.78, 5) is 12.7. The number of aromatic carboxylic acids is 1. The largest absolute Gasteiger partial charge is 0.478 e. The van der Waals surface area contributed by atoms with Crippen LogP contribution in [0.15, 0.2) is 50.8 Å². The molecule has 0 spiro atoms. The fourth-order valence-electron chi connectivity index (χ4n) is 1.30. The summed E-state index contributed by atoms with van der Waals surface area (Å²) < 4.78 is 5.18. The van der Waals surface area contributed by atoms with Crippen molar-refractivity contribution >= 4 is 17.7 Å². The number of benzene rings is 1. The van der Waals surface area contributed by atoms with Crippen LogP contribution in [0.5, 0.6) is 0 Å². The number of hydrogen-bond donors (Lipinski definition) is 1. The Bertz CT molecular complexity index is 516. The van der Waals surface area contributed by atoms with Crippen LogP contribution in [0, 0.1) is 6.92 Å². The van der Waals surface area contributed by atoms with Crippen LogP contribution in [0.4, 0.5) is 0 Å². The summed E-state index contributed by atoms with van der Waals surface area (Å²) in [5.74, 6) is -0.0721. The average molecular weight is 234 g/mol. The maximum Gasteiger partial charge on any atom is 0.335 e. The van der Waals surface area contributed by atoms with E-state index >= 15 is 0 Å². The van der Waals surface area contributed by atoms with E-state index in [1.165, 1.54) is 11.8 Å². The van der Waals surface area contributed by atoms with Gasteiger partial charge in [-0.25, -0.2) is 4.79 Å². The predicted octanol–water partition coefficient (Wildman–Crippen LogP) is 3.44. The van der Waals surface area contributed by atoms with Gasteiger partial charge in [0.05, 0.1) is 16.7 Å². The van der Waals surface area contributed by atoms with Crippen LogP contribution in [0.3, 0.4) is 0 Å². The highest BCUT2D eigenvalue weighted by molar-refractivity contribution is 7.99. The third kappa shape index (κ3) is 2.28. The first kappa shape index (κ1) is 10.8. The van der Waals surface area contributed by atoms with Crippen molar-refractivity contribution in [2.75, 3.05) is 0 Å². The van der Waals surface area contributed by atoms with Crippen molar-refractivity contribution in [1.82, 2.24) is 0 Å². The van der Waals surface area contributed by atoms with E-state index in [-0.39, 0.29) is 0 Å². The molecular weight excluding hydrogens is 224 g/mol. The van der Waals surface area contributed by atoms with Gasteiger partial charge in [0.2, 0.25) is 0 Å². The minimum Gasteiger partial charge on any atom is -0.478 e. The van der Waals surface area contributed by atoms with Crippen molar-refractivity contribution in [3.63, 3.8) is 0 Å². The minimum absolute atomic E-state index is 0.297. The maximum absolute atomic E-state index is 10.8. The summed E-state index contributed by atoms with van der Waals surface area (Å²) in [6.45, 7) is 1.88. The van der Waals surface area contributed by atoms with Gasteiger partial charge in [-0.15, -0.1) is 0 Å². The predicted molar refractivity (Wildman–Crippen MR) is 61.0 cm³/mol. The number of carboxylic acids is 1. The van der Waals surface area contributed by atoms with Gasteiger partial charge in [0.1, 0.15) is 5.76 Å². The molecule has 0 amide bonds. The van der Waals surface area contributed by atoms with Gasteiger partial charge in [0.15, 0.2) is 0 Å². The molecule has 1 N–H and O–H groups in total. The number of hydrogen-bond acceptors (Lipinski definition) is 3. The molecule has 82 valence electrons. The molecular formula is C12H10O3S. The Morgan fingerprint density at radius 2 is 2.19 bits per heavy atom. The van der Waals surface area contributed by atoms with Gasteiger partial charge >= 0.3 is 5.97 Å². The first-order chi connectivity index (χ1) is 7.66. The van der Waals surface area contributed by atoms with E-state index in [0.29, 0.717) is 5.56 Å². The lowest BCUT2D eigenvalue weighted by Crippen LogP contribution is -1.95. The van der Waals surface area contributed by atoms with Crippen LogP contribution < -0.4 is 0 Å². The Hall–Kier alpha value is -1.68. The SMILES string of the molecule is Cc1occc1Sc1cccc(C(=O)O)c1. The highest BCUT2D eigenvalue weighted by Crippen LogP contribution is 2.31. The maximum atomic E-state index is 10.8. The van der Waals surface area contributed by atoms with E-state index in [9.17, 15) is 4.79 Å². The first-order valence-corrected chi connectivity index (χ1v) is 5.54. The first-order valence-electron chi connectivity index (χ1n) is 4.72. The molecule has 16 heavy (non-hydrogen) atoms. The van der Waals surface area contributed by atoms with Gasteiger partial charge in [0.25, 0.3) is 0 Å². The topological polar surface area (TPSA) is 50.4 Å². The molecule has 0 saturated heterocycles. The zero-order valence-corrected chi connectivity index (χ0v) is 9.45. The third-order valence-corrected chi connectivity index (χ3v) is 3.25. The Morgan fingerprint density at radius 3 is 2.81 bits per heavy atom. The number of carboxylic acid groups (broad SMARTS) is 1. The highest BCUT2D eigenvalue weighted by atomic mass is 32.2. The Labute approximate surface area is 97.1 Å². The number of carbonyl (C=O) groups is 1. The number of aryl methyl sites for hydroxylation is 1. The zero-order valence-electron chi connectivity index (χ0n) is 8.64. The van der Waals surface area contributed by atoms with Crippen LogP contribution in [0.25, 0.3) is 0 Å². The lowest BCUT2D eigenvalue weighted by molar-refractivity contribution is 0.0696. The smallest absolute Gasteiger partial charge is 0.335 e. The van der Waals surface area contributed by atoms with Crippen LogP contribution in [-0.4, -0.2) is 11.1 Å². The lowest BCUT2D eigenvalue weighted by atomic mass is 10.2. The summed E-state index contributed by atoms with van der Waals surface area (Å²) in [7, 11) is 0. The normalized spacial score (nSPS) is 10.3. The summed E-state index contributed by atoms with van der Waals surface area (Å²) in [5, 5.41) is 8.86. The van der Waals surface area contributed by atoms with E-state index in [1.54, 1.807) is 24.5 Å². The van der Waals surface area contributed by atoms with E-state index in [4.69, 9.17) is 9.52 Å². The van der Waals surface area contributed by atoms with Gasteiger partial charge in [-0.1, -0.05) is 17.8 Å². The summed E-state index contributed by atoms with van der Waals surface area (Å²) in [6.07, 6.45) is 1.62. The van der Waals surface area contributed by atoms with Gasteiger partial charge in [-0.2, -0.15) is 0 Å². The van der Waals surface area contributed by atoms with Crippen molar-refractivity contribution in [2.24, 2.45) is 0 Å². The second kappa shape index (κ2) is 4.45. The van der Waals surface area contributed by atoms with Crippen molar-refractivity contribution in [2.45, 2.75) is 16.7 Å². The second-order valence-electron chi connectivity index (χ2n) is 3.28. The van der Waals surface area contributed by atoms with Crippen molar-refractivity contribution in [3.8, 4) is 0 Å². The minimum atomic E-state index is -0.911. The van der Waals surface area contributed by atoms with Gasteiger partial charge < -0.3 is 9.52 Å². The molecule has 1 aromatic carbocycles. The zero-order chi connectivity index (χ0) is 11.5. The van der Waals surface area contributed by atoms with Gasteiger partial charge in [0, 0.05) is 4.90 Å². The quantitative estimate of drug-likeness (QED) is 0.883. The van der Waals surface area contributed by atoms with Crippen LogP contribution in [-0.2, 0) is 0 Å². The standard InChI is InChI=1S/C12H10O3S/c1-8-11(5-6-15-8)16-10-4-2-3-9(7-10)12(13)14/h2-7H,1H3,(H,13,14). The van der Waals surface area contributed by atoms with Crippen molar-refractivity contribution in [1.29, 1.82) is 0 Å². The fraction of sp³-hybridized carbons (Fsp3) is 0.0833. The van der Waals surface area contributed by atoms with Crippen LogP contribution in [0.1, 0.15) is 16.1 Å². The van der Waals surface area contributed by atoms with E-state index in [2.05, 4.69) is 0 Å². The van der Waals surface area contributed by atoms with E-state index in [0.717, 1.165) is 15.6 Å². The monoisotopic (exact) mass is 234 g/mol. The van der Waals surface area contributed by atoms with Crippen molar-refractivity contribution < 1.29 is 14.3 Å². The third-order valence-electron chi connectivity index (χ3n) is 2.12. The molecule has 0 aliphatic carbocycles. The molecule has 0 atom stereocenters. The summed E-state index contributed by atoms with van der Waals surface area (Å²) >= 11 is 1.50. The molecule has 2 aromatic rings. The summed E-state index contributed by atoms with van der Waals surface area (Å²) in [6, 6.07) is 8.71. The molecule has 4 heteroatoms. The second-order valence-corrected chi connectivity index (χ2v) is 4.39. The van der Waals surface area contributed by atoms with Gasteiger partial charge in [-0.05, 0) is 31.2 Å². The molecule has 0 aliphatic rings. The molecule has 0 aliphatic heterocycles. The molecule has 0 unspecified atom stereocenters. The summed E-state index contributed by atoms with van der Waals surface area (Å²) in [5.41, 5.74) is 0.297. The highest BCUT2D eigenvalue weighted by Gasteiger charge is 2.06. The van der Waals surface area contributed by atoms with E-state index in [1.807, 2.05) is 19.1 Å². The van der Waals surface area contributed by atoms with E-state index < -0.39 is 5.97 Å². The molecule has 1 aromatic heterocycles. The number of rotatable bonds is 3. The van der Waals surface area contributed by atoms with Gasteiger partial charge in [-0.3, -0.25) is 0 Å². The van der Waals surface area contributed by atoms with Crippen LogP contribution >= 0.6 is 11.8 Å². The number of furan rings is 1. The fourth-order valence-corrected chi connectivity index (χ4v) is 2.20. The molecule has 1 heterocycles.